The smallest absolute Gasteiger partial charge is 0.0587 e. The van der Waals surface area contributed by atoms with Crippen LogP contribution in [0.25, 0.3) is 0 Å². The summed E-state index contributed by atoms with van der Waals surface area (Å²) in [5.41, 5.74) is 1.33. The van der Waals surface area contributed by atoms with Gasteiger partial charge in [-0.25, -0.2) is 0 Å². The molecule has 1 aromatic heterocycles. The van der Waals surface area contributed by atoms with Gasteiger partial charge in [0.2, 0.25) is 0 Å². The van der Waals surface area contributed by atoms with Gasteiger partial charge in [-0.2, -0.15) is 5.10 Å². The second kappa shape index (κ2) is 8.25. The lowest BCUT2D eigenvalue weighted by Gasteiger charge is -2.11. The Bertz CT molecular complexity index is 299. The first kappa shape index (κ1) is 14.2. The predicted molar refractivity (Wildman–Crippen MR) is 70.1 cm³/mol. The van der Waals surface area contributed by atoms with Crippen LogP contribution >= 0.6 is 0 Å². The second-order valence-corrected chi connectivity index (χ2v) is 4.62. The van der Waals surface area contributed by atoms with Crippen LogP contribution in [0.1, 0.15) is 25.8 Å². The molecule has 4 heteroatoms. The Hall–Kier alpha value is -0.870. The van der Waals surface area contributed by atoms with E-state index in [0.717, 1.165) is 39.1 Å². The summed E-state index contributed by atoms with van der Waals surface area (Å²) >= 11 is 0. The minimum atomic E-state index is 0.631. The van der Waals surface area contributed by atoms with Crippen LogP contribution in [-0.4, -0.2) is 36.6 Å². The van der Waals surface area contributed by atoms with E-state index < -0.39 is 0 Å². The molecule has 0 amide bonds. The summed E-state index contributed by atoms with van der Waals surface area (Å²) in [6, 6.07) is 0. The average Bonchev–Trinajstić information content (AvgIpc) is 2.73. The molecule has 0 aliphatic heterocycles. The molecule has 0 spiro atoms. The van der Waals surface area contributed by atoms with Gasteiger partial charge in [0.1, 0.15) is 0 Å². The quantitative estimate of drug-likeness (QED) is 0.667. The van der Waals surface area contributed by atoms with Crippen molar-refractivity contribution in [3.63, 3.8) is 0 Å². The topological polar surface area (TPSA) is 39.1 Å². The van der Waals surface area contributed by atoms with Crippen LogP contribution in [0.4, 0.5) is 0 Å². The summed E-state index contributed by atoms with van der Waals surface area (Å²) in [6.07, 6.45) is 6.37. The van der Waals surface area contributed by atoms with E-state index in [0.29, 0.717) is 5.92 Å². The van der Waals surface area contributed by atoms with Crippen LogP contribution in [0, 0.1) is 5.92 Å². The standard InChI is InChI=1S/C13H25N3O/c1-4-6-16-11-13(10-15-16)8-12(2)9-14-5-7-17-3/h10-12,14H,4-9H2,1-3H3. The van der Waals surface area contributed by atoms with Crippen molar-refractivity contribution < 1.29 is 4.74 Å². The second-order valence-electron chi connectivity index (χ2n) is 4.62. The largest absolute Gasteiger partial charge is 0.383 e. The molecule has 17 heavy (non-hydrogen) atoms. The maximum absolute atomic E-state index is 5.00. The molecule has 1 aromatic rings. The van der Waals surface area contributed by atoms with E-state index in [1.54, 1.807) is 7.11 Å². The molecule has 4 nitrogen and oxygen atoms in total. The van der Waals surface area contributed by atoms with Crippen molar-refractivity contribution in [3.8, 4) is 0 Å². The van der Waals surface area contributed by atoms with Gasteiger partial charge in [-0.15, -0.1) is 0 Å². The molecule has 1 atom stereocenters. The van der Waals surface area contributed by atoms with E-state index in [9.17, 15) is 0 Å². The van der Waals surface area contributed by atoms with Gasteiger partial charge in [0.25, 0.3) is 0 Å². The van der Waals surface area contributed by atoms with Crippen LogP contribution in [0.3, 0.4) is 0 Å². The highest BCUT2D eigenvalue weighted by atomic mass is 16.5. The van der Waals surface area contributed by atoms with Crippen molar-refractivity contribution in [2.24, 2.45) is 5.92 Å². The van der Waals surface area contributed by atoms with Crippen molar-refractivity contribution in [2.75, 3.05) is 26.8 Å². The van der Waals surface area contributed by atoms with Gasteiger partial charge in [-0.05, 0) is 30.9 Å². The zero-order valence-corrected chi connectivity index (χ0v) is 11.3. The third-order valence-electron chi connectivity index (χ3n) is 2.70. The molecule has 0 aliphatic rings. The average molecular weight is 239 g/mol. The van der Waals surface area contributed by atoms with Gasteiger partial charge in [-0.3, -0.25) is 4.68 Å². The zero-order valence-electron chi connectivity index (χ0n) is 11.3. The highest BCUT2D eigenvalue weighted by Crippen LogP contribution is 2.07. The summed E-state index contributed by atoms with van der Waals surface area (Å²) < 4.78 is 7.02. The molecular formula is C13H25N3O. The van der Waals surface area contributed by atoms with Crippen LogP contribution < -0.4 is 5.32 Å². The molecule has 0 saturated carbocycles. The van der Waals surface area contributed by atoms with E-state index in [2.05, 4.69) is 30.5 Å². The van der Waals surface area contributed by atoms with Crippen LogP contribution in [-0.2, 0) is 17.7 Å². The van der Waals surface area contributed by atoms with Gasteiger partial charge in [0.05, 0.1) is 12.8 Å². The first-order chi connectivity index (χ1) is 8.26. The molecule has 0 radical (unpaired) electrons. The fraction of sp³-hybridized carbons (Fsp3) is 0.769. The number of nitrogens with zero attached hydrogens (tertiary/aromatic N) is 2. The Labute approximate surface area is 104 Å². The molecule has 98 valence electrons. The Morgan fingerprint density at radius 3 is 3.06 bits per heavy atom. The SMILES string of the molecule is CCCn1cc(CC(C)CNCCOC)cn1. The first-order valence-electron chi connectivity index (χ1n) is 6.47. The van der Waals surface area contributed by atoms with Crippen LogP contribution in [0.5, 0.6) is 0 Å². The minimum absolute atomic E-state index is 0.631. The Morgan fingerprint density at radius 2 is 2.35 bits per heavy atom. The molecule has 0 aromatic carbocycles. The monoisotopic (exact) mass is 239 g/mol. The highest BCUT2D eigenvalue weighted by Gasteiger charge is 2.05. The third-order valence-corrected chi connectivity index (χ3v) is 2.70. The van der Waals surface area contributed by atoms with Crippen molar-refractivity contribution in [1.82, 2.24) is 15.1 Å². The summed E-state index contributed by atoms with van der Waals surface area (Å²) in [5.74, 6) is 0.631. The molecule has 0 bridgehead atoms. The Morgan fingerprint density at radius 1 is 1.53 bits per heavy atom. The van der Waals surface area contributed by atoms with Crippen LogP contribution in [0.15, 0.2) is 12.4 Å². The fourth-order valence-corrected chi connectivity index (χ4v) is 1.86. The number of ether oxygens (including phenoxy) is 1. The number of hydrogen-bond acceptors (Lipinski definition) is 3. The first-order valence-corrected chi connectivity index (χ1v) is 6.47. The molecule has 0 aliphatic carbocycles. The van der Waals surface area contributed by atoms with Gasteiger partial charge in [0, 0.05) is 26.4 Å². The summed E-state index contributed by atoms with van der Waals surface area (Å²) in [7, 11) is 1.73. The third kappa shape index (κ3) is 5.84. The predicted octanol–water partition coefficient (Wildman–Crippen LogP) is 1.71. The van der Waals surface area contributed by atoms with Gasteiger partial charge >= 0.3 is 0 Å². The molecule has 1 N–H and O–H groups in total. The molecule has 1 unspecified atom stereocenters. The summed E-state index contributed by atoms with van der Waals surface area (Å²) in [5, 5.41) is 7.73. The lowest BCUT2D eigenvalue weighted by Crippen LogP contribution is -2.25. The minimum Gasteiger partial charge on any atom is -0.383 e. The molecule has 0 fully saturated rings. The van der Waals surface area contributed by atoms with Gasteiger partial charge < -0.3 is 10.1 Å². The summed E-state index contributed by atoms with van der Waals surface area (Å²) in [4.78, 5) is 0. The van der Waals surface area contributed by atoms with E-state index in [1.807, 2.05) is 10.9 Å². The normalized spacial score (nSPS) is 12.9. The van der Waals surface area contributed by atoms with E-state index in [1.165, 1.54) is 5.56 Å². The highest BCUT2D eigenvalue weighted by molar-refractivity contribution is 5.04. The molecule has 0 saturated heterocycles. The van der Waals surface area contributed by atoms with E-state index in [-0.39, 0.29) is 0 Å². The number of methoxy groups -OCH3 is 1. The number of nitrogens with one attached hydrogen (secondary N) is 1. The maximum Gasteiger partial charge on any atom is 0.0587 e. The number of hydrogen-bond donors (Lipinski definition) is 1. The zero-order chi connectivity index (χ0) is 12.5. The number of rotatable bonds is 9. The van der Waals surface area contributed by atoms with Crippen molar-refractivity contribution in [1.29, 1.82) is 0 Å². The summed E-state index contributed by atoms with van der Waals surface area (Å²) in [6.45, 7) is 8.18. The van der Waals surface area contributed by atoms with Gasteiger partial charge in [0.15, 0.2) is 0 Å². The Balaban J connectivity index is 2.22. The van der Waals surface area contributed by atoms with E-state index >= 15 is 0 Å². The van der Waals surface area contributed by atoms with Crippen molar-refractivity contribution in [2.45, 2.75) is 33.2 Å². The van der Waals surface area contributed by atoms with E-state index in [4.69, 9.17) is 4.74 Å². The van der Waals surface area contributed by atoms with Gasteiger partial charge in [-0.1, -0.05) is 13.8 Å². The number of aromatic nitrogens is 2. The number of aryl methyl sites for hydroxylation is 1. The van der Waals surface area contributed by atoms with Crippen molar-refractivity contribution >= 4 is 0 Å². The lowest BCUT2D eigenvalue weighted by atomic mass is 10.0. The molecular weight excluding hydrogens is 214 g/mol. The molecule has 1 heterocycles. The van der Waals surface area contributed by atoms with Crippen LogP contribution in [0.2, 0.25) is 0 Å². The fourth-order valence-electron chi connectivity index (χ4n) is 1.86. The van der Waals surface area contributed by atoms with Crippen molar-refractivity contribution in [3.05, 3.63) is 18.0 Å². The molecule has 1 rings (SSSR count). The maximum atomic E-state index is 5.00. The lowest BCUT2D eigenvalue weighted by molar-refractivity contribution is 0.198. The Kier molecular flexibility index (Phi) is 6.89.